The third-order valence-corrected chi connectivity index (χ3v) is 6.40. The van der Waals surface area contributed by atoms with Crippen molar-refractivity contribution in [3.05, 3.63) is 95.8 Å². The second-order valence-electron chi connectivity index (χ2n) is 6.80. The molecule has 33 heavy (non-hydrogen) atoms. The molecule has 0 aliphatic carbocycles. The van der Waals surface area contributed by atoms with Gasteiger partial charge < -0.3 is 9.73 Å². The number of carbonyl (C=O) groups excluding carboxylic acids is 1. The van der Waals surface area contributed by atoms with Gasteiger partial charge in [-0.05, 0) is 35.7 Å². The van der Waals surface area contributed by atoms with E-state index in [0.29, 0.717) is 16.8 Å². The van der Waals surface area contributed by atoms with Crippen molar-refractivity contribution in [3.63, 3.8) is 0 Å². The molecule has 0 aliphatic heterocycles. The zero-order valence-electron chi connectivity index (χ0n) is 17.0. The minimum atomic E-state index is -0.549. The summed E-state index contributed by atoms with van der Waals surface area (Å²) in [6.07, 6.45) is 1.26. The quantitative estimate of drug-likeness (QED) is 0.304. The van der Waals surface area contributed by atoms with Gasteiger partial charge in [-0.3, -0.25) is 9.36 Å². The molecule has 0 radical (unpaired) electrons. The first-order valence-electron chi connectivity index (χ1n) is 9.87. The lowest BCUT2D eigenvalue weighted by molar-refractivity contribution is 0.102. The van der Waals surface area contributed by atoms with Gasteiger partial charge >= 0.3 is 0 Å². The number of hydrogen-bond donors (Lipinski definition) is 1. The summed E-state index contributed by atoms with van der Waals surface area (Å²) >= 11 is 2.98. The molecule has 3 aromatic heterocycles. The van der Waals surface area contributed by atoms with E-state index in [0.717, 1.165) is 16.4 Å². The molecule has 2 aromatic carbocycles. The SMILES string of the molecule is O=C(Nc1ccccc1F)c1coc(CSc2nnc(-c3cccs3)n2-c2ccccc2)n1. The molecule has 0 saturated heterocycles. The number of amides is 1. The average molecular weight is 478 g/mol. The number of hydrogen-bond acceptors (Lipinski definition) is 7. The third kappa shape index (κ3) is 4.57. The van der Waals surface area contributed by atoms with Crippen LogP contribution in [0.1, 0.15) is 16.4 Å². The molecule has 10 heteroatoms. The van der Waals surface area contributed by atoms with Gasteiger partial charge in [0.2, 0.25) is 5.89 Å². The van der Waals surface area contributed by atoms with Crippen LogP contribution >= 0.6 is 23.1 Å². The van der Waals surface area contributed by atoms with Crippen molar-refractivity contribution in [2.75, 3.05) is 5.32 Å². The van der Waals surface area contributed by atoms with E-state index >= 15 is 0 Å². The number of aromatic nitrogens is 4. The molecular weight excluding hydrogens is 461 g/mol. The summed E-state index contributed by atoms with van der Waals surface area (Å²) in [6, 6.07) is 19.7. The summed E-state index contributed by atoms with van der Waals surface area (Å²) in [5, 5.41) is 13.9. The Bertz CT molecular complexity index is 1380. The fourth-order valence-electron chi connectivity index (χ4n) is 3.10. The van der Waals surface area contributed by atoms with Gasteiger partial charge in [0.25, 0.3) is 5.91 Å². The van der Waals surface area contributed by atoms with Crippen LogP contribution in [0.3, 0.4) is 0 Å². The van der Waals surface area contributed by atoms with Crippen LogP contribution in [0.2, 0.25) is 0 Å². The predicted octanol–water partition coefficient (Wildman–Crippen LogP) is 5.67. The molecule has 5 aromatic rings. The van der Waals surface area contributed by atoms with Crippen molar-refractivity contribution in [2.45, 2.75) is 10.9 Å². The summed E-state index contributed by atoms with van der Waals surface area (Å²) in [7, 11) is 0. The van der Waals surface area contributed by atoms with E-state index in [1.165, 1.54) is 30.2 Å². The fourth-order valence-corrected chi connectivity index (χ4v) is 4.60. The zero-order valence-corrected chi connectivity index (χ0v) is 18.6. The smallest absolute Gasteiger partial charge is 0.277 e. The minimum absolute atomic E-state index is 0.0673. The van der Waals surface area contributed by atoms with Gasteiger partial charge in [0.1, 0.15) is 12.1 Å². The lowest BCUT2D eigenvalue weighted by Crippen LogP contribution is -2.13. The standard InChI is InChI=1S/C23H16FN5O2S2/c24-16-9-4-5-10-17(16)26-22(30)18-13-31-20(25-18)14-33-23-28-27-21(19-11-6-12-32-19)29(23)15-7-2-1-3-8-15/h1-13H,14H2,(H,26,30). The molecule has 0 saturated carbocycles. The van der Waals surface area contributed by atoms with Crippen LogP contribution in [0.4, 0.5) is 10.1 Å². The van der Waals surface area contributed by atoms with Crippen molar-refractivity contribution in [1.82, 2.24) is 19.7 Å². The summed E-state index contributed by atoms with van der Waals surface area (Å²) in [6.45, 7) is 0. The summed E-state index contributed by atoms with van der Waals surface area (Å²) < 4.78 is 21.2. The molecule has 0 aliphatic rings. The zero-order chi connectivity index (χ0) is 22.6. The highest BCUT2D eigenvalue weighted by Gasteiger charge is 2.19. The van der Waals surface area contributed by atoms with Crippen molar-refractivity contribution in [3.8, 4) is 16.4 Å². The molecule has 0 bridgehead atoms. The molecule has 0 unspecified atom stereocenters. The third-order valence-electron chi connectivity index (χ3n) is 4.62. The summed E-state index contributed by atoms with van der Waals surface area (Å²) in [5.74, 6) is 0.358. The largest absolute Gasteiger partial charge is 0.447 e. The van der Waals surface area contributed by atoms with Gasteiger partial charge in [-0.15, -0.1) is 21.5 Å². The number of rotatable bonds is 7. The van der Waals surface area contributed by atoms with Crippen LogP contribution in [-0.4, -0.2) is 25.7 Å². The Morgan fingerprint density at radius 1 is 1.06 bits per heavy atom. The Kier molecular flexibility index (Phi) is 6.01. The molecule has 5 rings (SSSR count). The Morgan fingerprint density at radius 3 is 2.67 bits per heavy atom. The number of carbonyl (C=O) groups is 1. The molecule has 7 nitrogen and oxygen atoms in total. The van der Waals surface area contributed by atoms with Crippen molar-refractivity contribution in [2.24, 2.45) is 0 Å². The summed E-state index contributed by atoms with van der Waals surface area (Å²) in [5.41, 5.74) is 1.09. The first-order chi connectivity index (χ1) is 16.2. The monoisotopic (exact) mass is 477 g/mol. The van der Waals surface area contributed by atoms with Crippen molar-refractivity contribution in [1.29, 1.82) is 0 Å². The average Bonchev–Trinajstić information content (AvgIpc) is 3.60. The van der Waals surface area contributed by atoms with Gasteiger partial charge in [-0.1, -0.05) is 48.2 Å². The van der Waals surface area contributed by atoms with Crippen LogP contribution in [0.15, 0.2) is 87.9 Å². The van der Waals surface area contributed by atoms with Crippen LogP contribution in [0, 0.1) is 5.82 Å². The maximum Gasteiger partial charge on any atom is 0.277 e. The maximum atomic E-state index is 13.8. The van der Waals surface area contributed by atoms with Gasteiger partial charge in [0.15, 0.2) is 16.7 Å². The lowest BCUT2D eigenvalue weighted by Gasteiger charge is -2.08. The molecule has 0 fully saturated rings. The Balaban J connectivity index is 1.34. The molecular formula is C23H16FN5O2S2. The number of nitrogens with zero attached hydrogens (tertiary/aromatic N) is 4. The van der Waals surface area contributed by atoms with Gasteiger partial charge in [0, 0.05) is 5.69 Å². The van der Waals surface area contributed by atoms with Crippen molar-refractivity contribution >= 4 is 34.7 Å². The fraction of sp³-hybridized carbons (Fsp3) is 0.0435. The number of nitrogens with one attached hydrogen (secondary N) is 1. The number of thiophene rings is 1. The van der Waals surface area contributed by atoms with E-state index in [4.69, 9.17) is 4.42 Å². The van der Waals surface area contributed by atoms with E-state index in [9.17, 15) is 9.18 Å². The number of halogens is 1. The molecule has 1 amide bonds. The highest BCUT2D eigenvalue weighted by atomic mass is 32.2. The first-order valence-corrected chi connectivity index (χ1v) is 11.7. The van der Waals surface area contributed by atoms with E-state index in [1.54, 1.807) is 23.5 Å². The minimum Gasteiger partial charge on any atom is -0.447 e. The highest BCUT2D eigenvalue weighted by molar-refractivity contribution is 7.98. The summed E-state index contributed by atoms with van der Waals surface area (Å²) in [4.78, 5) is 17.6. The number of para-hydroxylation sites is 2. The van der Waals surface area contributed by atoms with Gasteiger partial charge in [-0.2, -0.15) is 0 Å². The normalized spacial score (nSPS) is 10.9. The van der Waals surface area contributed by atoms with Crippen LogP contribution in [-0.2, 0) is 5.75 Å². The van der Waals surface area contributed by atoms with Crippen molar-refractivity contribution < 1.29 is 13.6 Å². The van der Waals surface area contributed by atoms with Gasteiger partial charge in [0.05, 0.1) is 16.3 Å². The second kappa shape index (κ2) is 9.39. The Morgan fingerprint density at radius 2 is 1.88 bits per heavy atom. The topological polar surface area (TPSA) is 85.8 Å². The number of oxazole rings is 1. The molecule has 164 valence electrons. The lowest BCUT2D eigenvalue weighted by atomic mass is 10.3. The van der Waals surface area contributed by atoms with E-state index in [2.05, 4.69) is 20.5 Å². The highest BCUT2D eigenvalue weighted by Crippen LogP contribution is 2.31. The molecule has 3 heterocycles. The number of anilines is 1. The first kappa shape index (κ1) is 21.1. The number of thioether (sulfide) groups is 1. The van der Waals surface area contributed by atoms with E-state index in [-0.39, 0.29) is 11.4 Å². The van der Waals surface area contributed by atoms with E-state index in [1.807, 2.05) is 52.4 Å². The maximum absolute atomic E-state index is 13.8. The van der Waals surface area contributed by atoms with E-state index < -0.39 is 11.7 Å². The molecule has 0 spiro atoms. The second-order valence-corrected chi connectivity index (χ2v) is 8.69. The molecule has 0 atom stereocenters. The predicted molar refractivity (Wildman–Crippen MR) is 125 cm³/mol. The van der Waals surface area contributed by atoms with Gasteiger partial charge in [-0.25, -0.2) is 9.37 Å². The van der Waals surface area contributed by atoms with Crippen LogP contribution in [0.5, 0.6) is 0 Å². The number of benzene rings is 2. The van der Waals surface area contributed by atoms with Crippen LogP contribution in [0.25, 0.3) is 16.4 Å². The Hall–Kier alpha value is -3.76. The van der Waals surface area contributed by atoms with Crippen LogP contribution < -0.4 is 5.32 Å². The Labute approximate surface area is 196 Å². The molecule has 1 N–H and O–H groups in total.